The van der Waals surface area contributed by atoms with Crippen molar-refractivity contribution in [1.29, 1.82) is 0 Å². The number of hydrogen-bond donors (Lipinski definition) is 1. The molecular weight excluding hydrogens is 140 g/mol. The number of carbonyl (C=O) groups excluding carboxylic acids is 1. The highest BCUT2D eigenvalue weighted by Gasteiger charge is 2.16. The van der Waals surface area contributed by atoms with Gasteiger partial charge in [0.1, 0.15) is 0 Å². The monoisotopic (exact) mass is 158 g/mol. The molecule has 0 aromatic carbocycles. The molecule has 3 nitrogen and oxygen atoms in total. The summed E-state index contributed by atoms with van der Waals surface area (Å²) in [5.74, 6) is 0.173. The van der Waals surface area contributed by atoms with Crippen LogP contribution < -0.4 is 5.73 Å². The van der Waals surface area contributed by atoms with Gasteiger partial charge in [0.05, 0.1) is 0 Å². The predicted molar refractivity (Wildman–Crippen MR) is 46.2 cm³/mol. The zero-order valence-corrected chi connectivity index (χ0v) is 6.34. The summed E-state index contributed by atoms with van der Waals surface area (Å²) in [6.45, 7) is 3.30. The third kappa shape index (κ3) is 2.89. The van der Waals surface area contributed by atoms with E-state index in [0.29, 0.717) is 6.04 Å². The summed E-state index contributed by atoms with van der Waals surface area (Å²) in [5.41, 5.74) is 5.66. The largest absolute Gasteiger partial charge is 0.343 e. The highest BCUT2D eigenvalue weighted by molar-refractivity contribution is 5.73. The highest BCUT2D eigenvalue weighted by Crippen LogP contribution is 2.07. The quantitative estimate of drug-likeness (QED) is 0.561. The average molecular weight is 158 g/mol. The van der Waals surface area contributed by atoms with Crippen molar-refractivity contribution in [2.24, 2.45) is 5.73 Å². The van der Waals surface area contributed by atoms with Crippen molar-refractivity contribution in [2.45, 2.75) is 33.2 Å². The number of rotatable bonds is 0. The van der Waals surface area contributed by atoms with E-state index in [1.165, 1.54) is 0 Å². The number of piperidine rings is 1. The van der Waals surface area contributed by atoms with Crippen LogP contribution in [0.5, 0.6) is 0 Å². The Morgan fingerprint density at radius 3 is 2.27 bits per heavy atom. The van der Waals surface area contributed by atoms with E-state index in [9.17, 15) is 4.79 Å². The van der Waals surface area contributed by atoms with E-state index < -0.39 is 0 Å². The minimum absolute atomic E-state index is 0. The molecule has 0 spiro atoms. The van der Waals surface area contributed by atoms with Gasteiger partial charge < -0.3 is 10.6 Å². The zero-order chi connectivity index (χ0) is 7.56. The molecule has 1 aliphatic heterocycles. The van der Waals surface area contributed by atoms with Crippen LogP contribution in [-0.2, 0) is 4.79 Å². The molecule has 3 heteroatoms. The van der Waals surface area contributed by atoms with Gasteiger partial charge in [0.2, 0.25) is 5.91 Å². The van der Waals surface area contributed by atoms with Crippen LogP contribution >= 0.6 is 0 Å². The van der Waals surface area contributed by atoms with E-state index in [-0.39, 0.29) is 13.3 Å². The van der Waals surface area contributed by atoms with Crippen LogP contribution in [0.15, 0.2) is 0 Å². The lowest BCUT2D eigenvalue weighted by atomic mass is 10.1. The number of hydrogen-bond acceptors (Lipinski definition) is 2. The molecule has 66 valence electrons. The van der Waals surface area contributed by atoms with Gasteiger partial charge in [0.25, 0.3) is 0 Å². The SMILES string of the molecule is C.CC(=O)N1CCC(N)CC1. The number of likely N-dealkylation sites (tertiary alicyclic amines) is 1. The topological polar surface area (TPSA) is 46.3 Å². The molecule has 0 atom stereocenters. The lowest BCUT2D eigenvalue weighted by Gasteiger charge is -2.28. The highest BCUT2D eigenvalue weighted by atomic mass is 16.2. The first-order valence-corrected chi connectivity index (χ1v) is 3.71. The zero-order valence-electron chi connectivity index (χ0n) is 6.34. The number of nitrogens with zero attached hydrogens (tertiary/aromatic N) is 1. The molecule has 0 saturated carbocycles. The van der Waals surface area contributed by atoms with E-state index in [1.807, 2.05) is 4.90 Å². The van der Waals surface area contributed by atoms with Crippen molar-refractivity contribution >= 4 is 5.91 Å². The van der Waals surface area contributed by atoms with E-state index >= 15 is 0 Å². The Hall–Kier alpha value is -0.570. The first kappa shape index (κ1) is 10.4. The molecule has 1 fully saturated rings. The van der Waals surface area contributed by atoms with Crippen LogP contribution in [0.25, 0.3) is 0 Å². The third-order valence-corrected chi connectivity index (χ3v) is 1.98. The fourth-order valence-corrected chi connectivity index (χ4v) is 1.21. The Kier molecular flexibility index (Phi) is 4.11. The summed E-state index contributed by atoms with van der Waals surface area (Å²) >= 11 is 0. The summed E-state index contributed by atoms with van der Waals surface area (Å²) < 4.78 is 0. The second kappa shape index (κ2) is 4.34. The maximum Gasteiger partial charge on any atom is 0.219 e. The molecule has 0 aromatic rings. The van der Waals surface area contributed by atoms with Crippen molar-refractivity contribution in [2.75, 3.05) is 13.1 Å². The lowest BCUT2D eigenvalue weighted by molar-refractivity contribution is -0.129. The molecule has 0 radical (unpaired) electrons. The van der Waals surface area contributed by atoms with Gasteiger partial charge in [-0.1, -0.05) is 7.43 Å². The van der Waals surface area contributed by atoms with Crippen LogP contribution in [0.4, 0.5) is 0 Å². The maximum absolute atomic E-state index is 10.8. The standard InChI is InChI=1S/C7H14N2O.CH4/c1-6(10)9-4-2-7(8)3-5-9;/h7H,2-5,8H2,1H3;1H4. The Morgan fingerprint density at radius 1 is 1.45 bits per heavy atom. The molecule has 0 bridgehead atoms. The Bertz CT molecular complexity index is 128. The average Bonchev–Trinajstić information content (AvgIpc) is 1.88. The van der Waals surface area contributed by atoms with Crippen LogP contribution in [0.1, 0.15) is 27.2 Å². The third-order valence-electron chi connectivity index (χ3n) is 1.98. The summed E-state index contributed by atoms with van der Waals surface area (Å²) in [6, 6.07) is 0.315. The van der Waals surface area contributed by atoms with E-state index in [4.69, 9.17) is 5.73 Å². The normalized spacial score (nSPS) is 19.3. The van der Waals surface area contributed by atoms with Crippen molar-refractivity contribution in [3.8, 4) is 0 Å². The summed E-state index contributed by atoms with van der Waals surface area (Å²) in [5, 5.41) is 0. The smallest absolute Gasteiger partial charge is 0.219 e. The maximum atomic E-state index is 10.8. The van der Waals surface area contributed by atoms with Gasteiger partial charge in [-0.05, 0) is 12.8 Å². The minimum Gasteiger partial charge on any atom is -0.343 e. The van der Waals surface area contributed by atoms with E-state index in [2.05, 4.69) is 0 Å². The summed E-state index contributed by atoms with van der Waals surface area (Å²) in [6.07, 6.45) is 1.92. The van der Waals surface area contributed by atoms with Crippen molar-refractivity contribution in [3.05, 3.63) is 0 Å². The van der Waals surface area contributed by atoms with Crippen molar-refractivity contribution in [1.82, 2.24) is 4.90 Å². The molecule has 1 amide bonds. The predicted octanol–water partition coefficient (Wildman–Crippen LogP) is 0.592. The fraction of sp³-hybridized carbons (Fsp3) is 0.875. The van der Waals surface area contributed by atoms with Gasteiger partial charge >= 0.3 is 0 Å². The molecule has 1 rings (SSSR count). The first-order chi connectivity index (χ1) is 4.70. The second-order valence-electron chi connectivity index (χ2n) is 2.84. The molecule has 1 heterocycles. The van der Waals surface area contributed by atoms with Crippen LogP contribution in [0, 0.1) is 0 Å². The molecule has 0 unspecified atom stereocenters. The molecule has 1 aliphatic rings. The number of amides is 1. The Morgan fingerprint density at radius 2 is 1.91 bits per heavy atom. The first-order valence-electron chi connectivity index (χ1n) is 3.71. The molecule has 0 aromatic heterocycles. The molecule has 2 N–H and O–H groups in total. The van der Waals surface area contributed by atoms with Crippen LogP contribution in [0.2, 0.25) is 0 Å². The van der Waals surface area contributed by atoms with Crippen molar-refractivity contribution in [3.63, 3.8) is 0 Å². The number of nitrogens with two attached hydrogens (primary N) is 1. The van der Waals surface area contributed by atoms with Crippen LogP contribution in [-0.4, -0.2) is 29.9 Å². The number of carbonyl (C=O) groups is 1. The Balaban J connectivity index is 0.000001000. The molecule has 0 aliphatic carbocycles. The van der Waals surface area contributed by atoms with Gasteiger partial charge in [0.15, 0.2) is 0 Å². The fourth-order valence-electron chi connectivity index (χ4n) is 1.21. The van der Waals surface area contributed by atoms with E-state index in [1.54, 1.807) is 6.92 Å². The van der Waals surface area contributed by atoms with Gasteiger partial charge in [-0.25, -0.2) is 0 Å². The van der Waals surface area contributed by atoms with Gasteiger partial charge in [0, 0.05) is 26.1 Å². The van der Waals surface area contributed by atoms with Gasteiger partial charge in [-0.15, -0.1) is 0 Å². The van der Waals surface area contributed by atoms with Gasteiger partial charge in [-0.3, -0.25) is 4.79 Å². The van der Waals surface area contributed by atoms with Crippen LogP contribution in [0.3, 0.4) is 0 Å². The molecule has 11 heavy (non-hydrogen) atoms. The Labute approximate surface area is 68.6 Å². The molecule has 1 saturated heterocycles. The minimum atomic E-state index is 0. The lowest BCUT2D eigenvalue weighted by Crippen LogP contribution is -2.41. The van der Waals surface area contributed by atoms with E-state index in [0.717, 1.165) is 25.9 Å². The van der Waals surface area contributed by atoms with Gasteiger partial charge in [-0.2, -0.15) is 0 Å². The molecular formula is C8H18N2O. The second-order valence-corrected chi connectivity index (χ2v) is 2.84. The van der Waals surface area contributed by atoms with Crippen molar-refractivity contribution < 1.29 is 4.79 Å². The summed E-state index contributed by atoms with van der Waals surface area (Å²) in [4.78, 5) is 12.6. The summed E-state index contributed by atoms with van der Waals surface area (Å²) in [7, 11) is 0.